The molecule has 0 unspecified atom stereocenters. The molecule has 0 saturated carbocycles. The van der Waals surface area contributed by atoms with Gasteiger partial charge in [0.05, 0.1) is 18.2 Å². The van der Waals surface area contributed by atoms with Crippen LogP contribution in [0.1, 0.15) is 26.3 Å². The lowest BCUT2D eigenvalue weighted by Gasteiger charge is -2.07. The lowest BCUT2D eigenvalue weighted by molar-refractivity contribution is 0.0467. The number of hydrogen-bond acceptors (Lipinski definition) is 4. The topological polar surface area (TPSA) is 52.6 Å². The molecule has 0 N–H and O–H groups in total. The average molecular weight is 288 g/mol. The number of carbonyl (C=O) groups is 2. The van der Waals surface area contributed by atoms with Crippen molar-refractivity contribution in [3.63, 3.8) is 0 Å². The van der Waals surface area contributed by atoms with Gasteiger partial charge in [0.25, 0.3) is 0 Å². The monoisotopic (exact) mass is 288 g/mol. The smallest absolute Gasteiger partial charge is 0.341 e. The summed E-state index contributed by atoms with van der Waals surface area (Å²) < 4.78 is 23.1. The molecule has 108 valence electrons. The van der Waals surface area contributed by atoms with Crippen molar-refractivity contribution >= 4 is 11.9 Å². The molecule has 21 heavy (non-hydrogen) atoms. The van der Waals surface area contributed by atoms with Gasteiger partial charge in [-0.25, -0.2) is 14.0 Å². The first-order valence-corrected chi connectivity index (χ1v) is 6.20. The van der Waals surface area contributed by atoms with Crippen LogP contribution in [0.25, 0.3) is 0 Å². The zero-order chi connectivity index (χ0) is 15.2. The first kappa shape index (κ1) is 14.7. The summed E-state index contributed by atoms with van der Waals surface area (Å²) in [5.74, 6) is -1.86. The third kappa shape index (κ3) is 3.66. The Kier molecular flexibility index (Phi) is 4.66. The quantitative estimate of drug-likeness (QED) is 0.812. The summed E-state index contributed by atoms with van der Waals surface area (Å²) in [7, 11) is 1.28. The highest BCUT2D eigenvalue weighted by atomic mass is 19.1. The summed E-state index contributed by atoms with van der Waals surface area (Å²) in [5.41, 5.74) is 0.848. The molecule has 0 spiro atoms. The van der Waals surface area contributed by atoms with Crippen molar-refractivity contribution in [1.29, 1.82) is 0 Å². The van der Waals surface area contributed by atoms with E-state index in [0.717, 1.165) is 0 Å². The third-order valence-electron chi connectivity index (χ3n) is 2.81. The maximum atomic E-state index is 13.4. The predicted octanol–water partition coefficient (Wildman–Crippen LogP) is 2.97. The van der Waals surface area contributed by atoms with Gasteiger partial charge in [0.1, 0.15) is 12.4 Å². The van der Waals surface area contributed by atoms with Crippen molar-refractivity contribution in [3.05, 3.63) is 71.0 Å². The SMILES string of the molecule is COC(=O)c1cccc(COC(=O)c2ccccc2F)c1. The molecule has 4 nitrogen and oxygen atoms in total. The van der Waals surface area contributed by atoms with E-state index < -0.39 is 17.8 Å². The van der Waals surface area contributed by atoms with Crippen LogP contribution in [0, 0.1) is 5.82 Å². The zero-order valence-electron chi connectivity index (χ0n) is 11.3. The maximum absolute atomic E-state index is 13.4. The van der Waals surface area contributed by atoms with Crippen LogP contribution in [0.5, 0.6) is 0 Å². The number of hydrogen-bond donors (Lipinski definition) is 0. The largest absolute Gasteiger partial charge is 0.465 e. The minimum Gasteiger partial charge on any atom is -0.465 e. The van der Waals surface area contributed by atoms with E-state index in [-0.39, 0.29) is 12.2 Å². The van der Waals surface area contributed by atoms with Gasteiger partial charge in [0, 0.05) is 0 Å². The van der Waals surface area contributed by atoms with Crippen molar-refractivity contribution < 1.29 is 23.5 Å². The van der Waals surface area contributed by atoms with Crippen molar-refractivity contribution in [2.75, 3.05) is 7.11 Å². The summed E-state index contributed by atoms with van der Waals surface area (Å²) in [6.07, 6.45) is 0. The van der Waals surface area contributed by atoms with Crippen molar-refractivity contribution in [2.45, 2.75) is 6.61 Å². The van der Waals surface area contributed by atoms with Crippen LogP contribution < -0.4 is 0 Å². The number of methoxy groups -OCH3 is 1. The molecule has 2 aromatic carbocycles. The normalized spacial score (nSPS) is 10.0. The molecule has 2 rings (SSSR count). The van der Waals surface area contributed by atoms with Gasteiger partial charge in [0.15, 0.2) is 0 Å². The lowest BCUT2D eigenvalue weighted by atomic mass is 10.1. The molecule has 0 bridgehead atoms. The number of benzene rings is 2. The Balaban J connectivity index is 2.05. The van der Waals surface area contributed by atoms with E-state index in [1.807, 2.05) is 0 Å². The molecule has 0 aromatic heterocycles. The van der Waals surface area contributed by atoms with E-state index in [1.165, 1.54) is 25.3 Å². The minimum atomic E-state index is -0.753. The highest BCUT2D eigenvalue weighted by Crippen LogP contribution is 2.12. The van der Waals surface area contributed by atoms with Crippen LogP contribution in [0.3, 0.4) is 0 Å². The summed E-state index contributed by atoms with van der Waals surface area (Å²) in [4.78, 5) is 23.2. The Hall–Kier alpha value is -2.69. The fourth-order valence-electron chi connectivity index (χ4n) is 1.76. The summed E-state index contributed by atoms with van der Waals surface area (Å²) in [6.45, 7) is -0.0575. The highest BCUT2D eigenvalue weighted by Gasteiger charge is 2.13. The number of halogens is 1. The Morgan fingerprint density at radius 2 is 1.81 bits per heavy atom. The van der Waals surface area contributed by atoms with E-state index in [2.05, 4.69) is 4.74 Å². The van der Waals surface area contributed by atoms with Gasteiger partial charge in [-0.3, -0.25) is 0 Å². The maximum Gasteiger partial charge on any atom is 0.341 e. The fourth-order valence-corrected chi connectivity index (χ4v) is 1.76. The molecule has 0 aliphatic rings. The first-order valence-electron chi connectivity index (χ1n) is 6.20. The number of ether oxygens (including phenoxy) is 2. The van der Waals surface area contributed by atoms with E-state index in [0.29, 0.717) is 11.1 Å². The fraction of sp³-hybridized carbons (Fsp3) is 0.125. The second-order valence-corrected chi connectivity index (χ2v) is 4.25. The molecular formula is C16H13FO4. The summed E-state index contributed by atoms with van der Waals surface area (Å²) in [5, 5.41) is 0. The van der Waals surface area contributed by atoms with E-state index >= 15 is 0 Å². The van der Waals surface area contributed by atoms with Crippen LogP contribution >= 0.6 is 0 Å². The van der Waals surface area contributed by atoms with E-state index in [9.17, 15) is 14.0 Å². The van der Waals surface area contributed by atoms with Gasteiger partial charge in [-0.1, -0.05) is 24.3 Å². The number of carbonyl (C=O) groups excluding carboxylic acids is 2. The van der Waals surface area contributed by atoms with E-state index in [1.54, 1.807) is 30.3 Å². The molecule has 0 heterocycles. The zero-order valence-corrected chi connectivity index (χ0v) is 11.3. The van der Waals surface area contributed by atoms with Crippen LogP contribution in [-0.4, -0.2) is 19.0 Å². The molecule has 0 amide bonds. The molecular weight excluding hydrogens is 275 g/mol. The summed E-state index contributed by atoms with van der Waals surface area (Å²) >= 11 is 0. The Morgan fingerprint density at radius 3 is 2.52 bits per heavy atom. The number of rotatable bonds is 4. The molecule has 0 aliphatic heterocycles. The first-order chi connectivity index (χ1) is 10.1. The molecule has 2 aromatic rings. The van der Waals surface area contributed by atoms with Crippen LogP contribution in [0.4, 0.5) is 4.39 Å². The summed E-state index contributed by atoms with van der Waals surface area (Å²) in [6, 6.07) is 12.1. The Bertz CT molecular complexity index is 667. The molecule has 0 aliphatic carbocycles. The second kappa shape index (κ2) is 6.65. The van der Waals surface area contributed by atoms with Crippen LogP contribution in [0.2, 0.25) is 0 Å². The van der Waals surface area contributed by atoms with Gasteiger partial charge in [0.2, 0.25) is 0 Å². The molecule has 0 fully saturated rings. The standard InChI is InChI=1S/C16H13FO4/c1-20-15(18)12-6-4-5-11(9-12)10-21-16(19)13-7-2-3-8-14(13)17/h2-9H,10H2,1H3. The average Bonchev–Trinajstić information content (AvgIpc) is 2.52. The highest BCUT2D eigenvalue weighted by molar-refractivity contribution is 5.90. The van der Waals surface area contributed by atoms with Crippen molar-refractivity contribution in [2.24, 2.45) is 0 Å². The third-order valence-corrected chi connectivity index (χ3v) is 2.81. The minimum absolute atomic E-state index is 0.0575. The van der Waals surface area contributed by atoms with Gasteiger partial charge in [-0.15, -0.1) is 0 Å². The van der Waals surface area contributed by atoms with Crippen LogP contribution in [0.15, 0.2) is 48.5 Å². The molecule has 0 saturated heterocycles. The van der Waals surface area contributed by atoms with Gasteiger partial charge < -0.3 is 9.47 Å². The van der Waals surface area contributed by atoms with Gasteiger partial charge >= 0.3 is 11.9 Å². The van der Waals surface area contributed by atoms with Crippen molar-refractivity contribution in [3.8, 4) is 0 Å². The van der Waals surface area contributed by atoms with Crippen LogP contribution in [-0.2, 0) is 16.1 Å². The predicted molar refractivity (Wildman–Crippen MR) is 73.3 cm³/mol. The molecule has 0 atom stereocenters. The van der Waals surface area contributed by atoms with E-state index in [4.69, 9.17) is 4.74 Å². The number of esters is 2. The molecule has 0 radical (unpaired) electrons. The Labute approximate surface area is 121 Å². The Morgan fingerprint density at radius 1 is 1.05 bits per heavy atom. The lowest BCUT2D eigenvalue weighted by Crippen LogP contribution is -2.08. The molecule has 5 heteroatoms. The second-order valence-electron chi connectivity index (χ2n) is 4.25. The van der Waals surface area contributed by atoms with Gasteiger partial charge in [-0.2, -0.15) is 0 Å². The van der Waals surface area contributed by atoms with Crippen molar-refractivity contribution in [1.82, 2.24) is 0 Å². The van der Waals surface area contributed by atoms with Gasteiger partial charge in [-0.05, 0) is 29.8 Å².